The van der Waals surface area contributed by atoms with E-state index in [1.807, 2.05) is 6.92 Å². The smallest absolute Gasteiger partial charge is 0.313 e. The average molecular weight is 230 g/mol. The summed E-state index contributed by atoms with van der Waals surface area (Å²) in [5, 5.41) is 0. The van der Waals surface area contributed by atoms with E-state index in [9.17, 15) is 4.79 Å². The maximum absolute atomic E-state index is 11.8. The molecule has 2 heteroatoms. The van der Waals surface area contributed by atoms with Crippen LogP contribution in [0.1, 0.15) is 32.6 Å². The number of carbonyl (C=O) groups excluding carboxylic acids is 1. The Balaban J connectivity index is 2.01. The highest BCUT2D eigenvalue weighted by molar-refractivity contribution is 5.78. The Kier molecular flexibility index (Phi) is 2.50. The van der Waals surface area contributed by atoms with Gasteiger partial charge in [-0.05, 0) is 32.1 Å². The molecule has 0 spiro atoms. The number of fused-ring (bicyclic) bond motifs is 2. The minimum Gasteiger partial charge on any atom is -0.462 e. The number of ether oxygens (including phenoxy) is 1. The number of esters is 1. The first kappa shape index (κ1) is 10.9. The molecule has 1 saturated heterocycles. The van der Waals surface area contributed by atoms with Crippen molar-refractivity contribution in [1.29, 1.82) is 0 Å². The van der Waals surface area contributed by atoms with Gasteiger partial charge in [-0.2, -0.15) is 0 Å². The molecule has 5 atom stereocenters. The average Bonchev–Trinajstić information content (AvgIpc) is 2.62. The SMILES string of the molecule is C#C[C@H]1[C@H]2[C@H](C)OC(=O)[C@H]2C=C2CCCC[C@@H]21. The molecule has 2 aliphatic carbocycles. The van der Waals surface area contributed by atoms with Crippen LogP contribution in [0.5, 0.6) is 0 Å². The van der Waals surface area contributed by atoms with Gasteiger partial charge in [0.15, 0.2) is 0 Å². The zero-order valence-electron chi connectivity index (χ0n) is 10.2. The Morgan fingerprint density at radius 1 is 1.47 bits per heavy atom. The molecule has 2 fully saturated rings. The fourth-order valence-corrected chi connectivity index (χ4v) is 3.89. The van der Waals surface area contributed by atoms with Crippen LogP contribution in [0.4, 0.5) is 0 Å². The number of cyclic esters (lactones) is 1. The molecule has 1 aliphatic heterocycles. The van der Waals surface area contributed by atoms with Gasteiger partial charge in [0.05, 0.1) is 5.92 Å². The summed E-state index contributed by atoms with van der Waals surface area (Å²) in [6.45, 7) is 1.98. The first-order chi connectivity index (χ1) is 8.22. The monoisotopic (exact) mass is 230 g/mol. The fraction of sp³-hybridized carbons (Fsp3) is 0.667. The summed E-state index contributed by atoms with van der Waals surface area (Å²) >= 11 is 0. The van der Waals surface area contributed by atoms with E-state index in [0.717, 1.165) is 6.42 Å². The Morgan fingerprint density at radius 2 is 2.29 bits per heavy atom. The van der Waals surface area contributed by atoms with Crippen molar-refractivity contribution in [3.63, 3.8) is 0 Å². The maximum atomic E-state index is 11.8. The molecule has 0 bridgehead atoms. The first-order valence-electron chi connectivity index (χ1n) is 6.59. The fourth-order valence-electron chi connectivity index (χ4n) is 3.89. The molecule has 2 nitrogen and oxygen atoms in total. The van der Waals surface area contributed by atoms with Gasteiger partial charge in [0.2, 0.25) is 0 Å². The van der Waals surface area contributed by atoms with Crippen LogP contribution >= 0.6 is 0 Å². The van der Waals surface area contributed by atoms with Crippen LogP contribution in [0.3, 0.4) is 0 Å². The lowest BCUT2D eigenvalue weighted by Gasteiger charge is -2.39. The minimum atomic E-state index is -0.0737. The van der Waals surface area contributed by atoms with E-state index < -0.39 is 0 Å². The Hall–Kier alpha value is -1.23. The van der Waals surface area contributed by atoms with E-state index in [-0.39, 0.29) is 29.8 Å². The van der Waals surface area contributed by atoms with E-state index in [1.54, 1.807) is 0 Å². The molecule has 0 aromatic carbocycles. The number of terminal acetylenes is 1. The van der Waals surface area contributed by atoms with Crippen LogP contribution < -0.4 is 0 Å². The minimum absolute atomic E-state index is 0.0201. The van der Waals surface area contributed by atoms with E-state index in [0.29, 0.717) is 5.92 Å². The number of hydrogen-bond donors (Lipinski definition) is 0. The number of rotatable bonds is 0. The molecule has 0 radical (unpaired) electrons. The lowest BCUT2D eigenvalue weighted by atomic mass is 9.63. The van der Waals surface area contributed by atoms with Crippen molar-refractivity contribution in [1.82, 2.24) is 0 Å². The van der Waals surface area contributed by atoms with Crippen LogP contribution in [0.15, 0.2) is 11.6 Å². The molecular weight excluding hydrogens is 212 g/mol. The van der Waals surface area contributed by atoms with Gasteiger partial charge in [-0.15, -0.1) is 12.3 Å². The highest BCUT2D eigenvalue weighted by Crippen LogP contribution is 2.49. The number of allylic oxidation sites excluding steroid dienone is 1. The summed E-state index contributed by atoms with van der Waals surface area (Å²) in [6, 6.07) is 0. The van der Waals surface area contributed by atoms with Crippen LogP contribution in [0.2, 0.25) is 0 Å². The third-order valence-electron chi connectivity index (χ3n) is 4.67. The molecule has 1 saturated carbocycles. The topological polar surface area (TPSA) is 26.3 Å². The normalized spacial score (nSPS) is 44.1. The van der Waals surface area contributed by atoms with Crippen LogP contribution in [0.25, 0.3) is 0 Å². The quantitative estimate of drug-likeness (QED) is 0.363. The summed E-state index contributed by atoms with van der Waals surface area (Å²) < 4.78 is 5.37. The number of hydrogen-bond acceptors (Lipinski definition) is 2. The van der Waals surface area contributed by atoms with E-state index in [1.165, 1.54) is 24.8 Å². The molecule has 1 heterocycles. The number of carbonyl (C=O) groups is 1. The summed E-state index contributed by atoms with van der Waals surface area (Å²) in [6.07, 6.45) is 12.7. The van der Waals surface area contributed by atoms with Crippen molar-refractivity contribution in [2.24, 2.45) is 23.7 Å². The third-order valence-corrected chi connectivity index (χ3v) is 4.67. The highest BCUT2D eigenvalue weighted by Gasteiger charge is 2.50. The second kappa shape index (κ2) is 3.91. The predicted molar refractivity (Wildman–Crippen MR) is 64.9 cm³/mol. The first-order valence-corrected chi connectivity index (χ1v) is 6.59. The maximum Gasteiger partial charge on any atom is 0.313 e. The van der Waals surface area contributed by atoms with Crippen molar-refractivity contribution in [3.05, 3.63) is 11.6 Å². The molecule has 0 aromatic rings. The second-order valence-corrected chi connectivity index (χ2v) is 5.53. The molecule has 90 valence electrons. The van der Waals surface area contributed by atoms with Crippen LogP contribution in [-0.4, -0.2) is 12.1 Å². The molecule has 0 unspecified atom stereocenters. The molecule has 0 N–H and O–H groups in total. The molecule has 3 aliphatic rings. The molecule has 17 heavy (non-hydrogen) atoms. The summed E-state index contributed by atoms with van der Waals surface area (Å²) in [4.78, 5) is 11.8. The van der Waals surface area contributed by atoms with Gasteiger partial charge in [0, 0.05) is 11.8 Å². The van der Waals surface area contributed by atoms with E-state index >= 15 is 0 Å². The van der Waals surface area contributed by atoms with Crippen molar-refractivity contribution < 1.29 is 9.53 Å². The van der Waals surface area contributed by atoms with Crippen molar-refractivity contribution in [2.45, 2.75) is 38.7 Å². The summed E-state index contributed by atoms with van der Waals surface area (Å²) in [5.41, 5.74) is 1.42. The van der Waals surface area contributed by atoms with Crippen molar-refractivity contribution in [3.8, 4) is 12.3 Å². The van der Waals surface area contributed by atoms with Crippen LogP contribution in [0, 0.1) is 36.0 Å². The second-order valence-electron chi connectivity index (χ2n) is 5.53. The van der Waals surface area contributed by atoms with Crippen molar-refractivity contribution >= 4 is 5.97 Å². The van der Waals surface area contributed by atoms with E-state index in [2.05, 4.69) is 12.0 Å². The highest BCUT2D eigenvalue weighted by atomic mass is 16.6. The lowest BCUT2D eigenvalue weighted by Crippen LogP contribution is -2.37. The Bertz CT molecular complexity index is 415. The molecule has 0 amide bonds. The zero-order valence-corrected chi connectivity index (χ0v) is 10.2. The Morgan fingerprint density at radius 3 is 3.06 bits per heavy atom. The van der Waals surface area contributed by atoms with Gasteiger partial charge in [-0.3, -0.25) is 4.79 Å². The van der Waals surface area contributed by atoms with E-state index in [4.69, 9.17) is 11.2 Å². The van der Waals surface area contributed by atoms with Crippen molar-refractivity contribution in [2.75, 3.05) is 0 Å². The molecule has 0 aromatic heterocycles. The molecule has 3 rings (SSSR count). The standard InChI is InChI=1S/C15H18O2/c1-3-11-12-7-5-4-6-10(12)8-13-14(11)9(2)17-15(13)16/h1,8-9,11-14H,4-7H2,2H3/t9-,11+,12-,13-,14+/m0/s1. The van der Waals surface area contributed by atoms with Gasteiger partial charge in [-0.25, -0.2) is 0 Å². The lowest BCUT2D eigenvalue weighted by molar-refractivity contribution is -0.142. The zero-order chi connectivity index (χ0) is 12.0. The Labute approximate surface area is 102 Å². The summed E-state index contributed by atoms with van der Waals surface area (Å²) in [5.74, 6) is 3.72. The summed E-state index contributed by atoms with van der Waals surface area (Å²) in [7, 11) is 0. The van der Waals surface area contributed by atoms with Crippen LogP contribution in [-0.2, 0) is 9.53 Å². The van der Waals surface area contributed by atoms with Gasteiger partial charge < -0.3 is 4.74 Å². The largest absolute Gasteiger partial charge is 0.462 e. The third kappa shape index (κ3) is 1.52. The van der Waals surface area contributed by atoms with Gasteiger partial charge in [0.25, 0.3) is 0 Å². The predicted octanol–water partition coefficient (Wildman–Crippen LogP) is 2.54. The molecular formula is C15H18O2. The van der Waals surface area contributed by atoms with Gasteiger partial charge >= 0.3 is 5.97 Å². The van der Waals surface area contributed by atoms with Gasteiger partial charge in [-0.1, -0.05) is 18.1 Å². The van der Waals surface area contributed by atoms with Gasteiger partial charge in [0.1, 0.15) is 6.10 Å².